The van der Waals surface area contributed by atoms with Crippen molar-refractivity contribution in [3.8, 4) is 11.5 Å². The van der Waals surface area contributed by atoms with E-state index in [1.54, 1.807) is 18.3 Å². The molecule has 2 aromatic carbocycles. The van der Waals surface area contributed by atoms with Gasteiger partial charge in [0.05, 0.1) is 11.0 Å². The molecule has 0 aliphatic carbocycles. The summed E-state index contributed by atoms with van der Waals surface area (Å²) in [6, 6.07) is 17.4. The lowest BCUT2D eigenvalue weighted by atomic mass is 10.1. The Morgan fingerprint density at radius 2 is 2.00 bits per heavy atom. The predicted molar refractivity (Wildman–Crippen MR) is 127 cm³/mol. The molecule has 3 heterocycles. The highest BCUT2D eigenvalue weighted by Crippen LogP contribution is 2.27. The molecule has 0 spiro atoms. The fourth-order valence-corrected chi connectivity index (χ4v) is 3.74. The number of fused-ring (bicyclic) bond motifs is 1. The number of anilines is 3. The van der Waals surface area contributed by atoms with Crippen LogP contribution in [0.4, 0.5) is 17.5 Å². The lowest BCUT2D eigenvalue weighted by Crippen LogP contribution is -2.27. The van der Waals surface area contributed by atoms with E-state index in [9.17, 15) is 4.79 Å². The molecule has 8 heteroatoms. The molecule has 1 fully saturated rings. The zero-order chi connectivity index (χ0) is 22.6. The van der Waals surface area contributed by atoms with Crippen molar-refractivity contribution in [2.45, 2.75) is 32.3 Å². The third-order valence-electron chi connectivity index (χ3n) is 5.52. The van der Waals surface area contributed by atoms with Crippen LogP contribution in [0.25, 0.3) is 11.0 Å². The number of carbonyl (C=O) groups excluding carboxylic acids is 1. The molecule has 1 atom stereocenters. The van der Waals surface area contributed by atoms with Crippen molar-refractivity contribution in [3.05, 3.63) is 66.4 Å². The van der Waals surface area contributed by atoms with Crippen LogP contribution in [-0.4, -0.2) is 33.6 Å². The van der Waals surface area contributed by atoms with Gasteiger partial charge in [-0.15, -0.1) is 0 Å². The summed E-state index contributed by atoms with van der Waals surface area (Å²) in [5.41, 5.74) is 3.94. The fraction of sp³-hybridized carbons (Fsp3) is 0.240. The van der Waals surface area contributed by atoms with Gasteiger partial charge in [-0.05, 0) is 55.2 Å². The topological polar surface area (TPSA) is 101 Å². The number of carbonyl (C=O) groups is 1. The Morgan fingerprint density at radius 1 is 1.15 bits per heavy atom. The minimum Gasteiger partial charge on any atom is -0.457 e. The molecule has 4 aromatic rings. The number of aromatic amines is 1. The summed E-state index contributed by atoms with van der Waals surface area (Å²) < 4.78 is 11.4. The Labute approximate surface area is 191 Å². The van der Waals surface area contributed by atoms with Gasteiger partial charge in [0.1, 0.15) is 23.4 Å². The van der Waals surface area contributed by atoms with Crippen molar-refractivity contribution >= 4 is 34.4 Å². The van der Waals surface area contributed by atoms with E-state index in [-0.39, 0.29) is 5.91 Å². The van der Waals surface area contributed by atoms with Crippen LogP contribution >= 0.6 is 0 Å². The first-order valence-electron chi connectivity index (χ1n) is 11.1. The Balaban J connectivity index is 1.27. The van der Waals surface area contributed by atoms with Crippen molar-refractivity contribution in [2.24, 2.45) is 0 Å². The highest BCUT2D eigenvalue weighted by atomic mass is 16.5. The summed E-state index contributed by atoms with van der Waals surface area (Å²) in [5.74, 6) is 2.12. The van der Waals surface area contributed by atoms with E-state index in [4.69, 9.17) is 9.47 Å². The first-order valence-corrected chi connectivity index (χ1v) is 11.1. The molecule has 0 bridgehead atoms. The minimum atomic E-state index is -0.411. The molecule has 8 nitrogen and oxygen atoms in total. The van der Waals surface area contributed by atoms with Crippen LogP contribution in [0.3, 0.4) is 0 Å². The van der Waals surface area contributed by atoms with Gasteiger partial charge in [-0.2, -0.15) is 0 Å². The zero-order valence-corrected chi connectivity index (χ0v) is 18.3. The molecule has 0 saturated carbocycles. The fourth-order valence-electron chi connectivity index (χ4n) is 3.74. The van der Waals surface area contributed by atoms with Crippen LogP contribution in [-0.2, 0) is 16.0 Å². The van der Waals surface area contributed by atoms with E-state index in [0.29, 0.717) is 29.9 Å². The van der Waals surface area contributed by atoms with E-state index in [2.05, 4.69) is 44.6 Å². The molecule has 1 aliphatic rings. The molecule has 3 N–H and O–H groups in total. The van der Waals surface area contributed by atoms with Crippen LogP contribution in [0, 0.1) is 0 Å². The van der Waals surface area contributed by atoms with E-state index < -0.39 is 6.10 Å². The number of aryl methyl sites for hydroxylation is 1. The van der Waals surface area contributed by atoms with Crippen molar-refractivity contribution in [1.82, 2.24) is 15.0 Å². The summed E-state index contributed by atoms with van der Waals surface area (Å²) >= 11 is 0. The van der Waals surface area contributed by atoms with Crippen LogP contribution in [0.1, 0.15) is 25.3 Å². The largest absolute Gasteiger partial charge is 0.457 e. The molecule has 0 radical (unpaired) electrons. The quantitative estimate of drug-likeness (QED) is 0.364. The average molecular weight is 444 g/mol. The van der Waals surface area contributed by atoms with Gasteiger partial charge >= 0.3 is 0 Å². The highest BCUT2D eigenvalue weighted by molar-refractivity contribution is 5.93. The van der Waals surface area contributed by atoms with E-state index in [1.165, 1.54) is 5.56 Å². The van der Waals surface area contributed by atoms with Crippen LogP contribution in [0.2, 0.25) is 0 Å². The Morgan fingerprint density at radius 3 is 2.79 bits per heavy atom. The number of amides is 1. The molecule has 5 rings (SSSR count). The van der Waals surface area contributed by atoms with Gasteiger partial charge in [0.15, 0.2) is 0 Å². The second-order valence-corrected chi connectivity index (χ2v) is 7.91. The molecule has 1 unspecified atom stereocenters. The number of hydrogen-bond acceptors (Lipinski definition) is 6. The monoisotopic (exact) mass is 443 g/mol. The second kappa shape index (κ2) is 9.30. The number of rotatable bonds is 7. The number of benzene rings is 2. The molecule has 2 aromatic heterocycles. The maximum Gasteiger partial charge on any atom is 0.254 e. The number of aromatic nitrogens is 3. The van der Waals surface area contributed by atoms with Gasteiger partial charge in [0.25, 0.3) is 5.91 Å². The molecule has 1 saturated heterocycles. The molecular formula is C25H25N5O3. The molecular weight excluding hydrogens is 418 g/mol. The van der Waals surface area contributed by atoms with Crippen molar-refractivity contribution in [1.29, 1.82) is 0 Å². The first kappa shape index (κ1) is 21.0. The molecule has 33 heavy (non-hydrogen) atoms. The van der Waals surface area contributed by atoms with Crippen molar-refractivity contribution < 1.29 is 14.3 Å². The zero-order valence-electron chi connectivity index (χ0n) is 18.3. The van der Waals surface area contributed by atoms with E-state index in [1.807, 2.05) is 30.3 Å². The number of nitrogens with zero attached hydrogens (tertiary/aromatic N) is 2. The highest BCUT2D eigenvalue weighted by Gasteiger charge is 2.23. The van der Waals surface area contributed by atoms with Gasteiger partial charge in [-0.25, -0.2) is 9.97 Å². The van der Waals surface area contributed by atoms with Crippen LogP contribution in [0.5, 0.6) is 11.5 Å². The van der Waals surface area contributed by atoms with Crippen LogP contribution < -0.4 is 15.4 Å². The summed E-state index contributed by atoms with van der Waals surface area (Å²) in [6.45, 7) is 2.75. The van der Waals surface area contributed by atoms with Gasteiger partial charge < -0.3 is 25.1 Å². The molecule has 1 amide bonds. The van der Waals surface area contributed by atoms with E-state index in [0.717, 1.165) is 36.0 Å². The third-order valence-corrected chi connectivity index (χ3v) is 5.52. The Bertz CT molecular complexity index is 1260. The van der Waals surface area contributed by atoms with Gasteiger partial charge in [0.2, 0.25) is 5.95 Å². The second-order valence-electron chi connectivity index (χ2n) is 7.91. The number of H-pyrrole nitrogens is 1. The molecule has 168 valence electrons. The summed E-state index contributed by atoms with van der Waals surface area (Å²) in [5, 5.41) is 6.09. The maximum atomic E-state index is 12.3. The lowest BCUT2D eigenvalue weighted by Gasteiger charge is -2.11. The third kappa shape index (κ3) is 4.96. The summed E-state index contributed by atoms with van der Waals surface area (Å²) in [6.07, 6.45) is 3.82. The molecule has 1 aliphatic heterocycles. The van der Waals surface area contributed by atoms with Gasteiger partial charge in [0, 0.05) is 30.6 Å². The smallest absolute Gasteiger partial charge is 0.254 e. The minimum absolute atomic E-state index is 0.180. The number of imidazole rings is 1. The lowest BCUT2D eigenvalue weighted by molar-refractivity contribution is -0.124. The number of ether oxygens (including phenoxy) is 2. The number of pyridine rings is 1. The van der Waals surface area contributed by atoms with Crippen molar-refractivity contribution in [2.75, 3.05) is 17.2 Å². The van der Waals surface area contributed by atoms with Crippen molar-refractivity contribution in [3.63, 3.8) is 0 Å². The van der Waals surface area contributed by atoms with Crippen LogP contribution in [0.15, 0.2) is 60.8 Å². The number of hydrogen-bond donors (Lipinski definition) is 3. The summed E-state index contributed by atoms with van der Waals surface area (Å²) in [4.78, 5) is 24.3. The SMILES string of the molecule is CCc1ccc(Nc2nc3ccc(Oc4ccnc(NC(=O)C5CCCO5)c4)cc3[nH]2)cc1. The van der Waals surface area contributed by atoms with E-state index >= 15 is 0 Å². The predicted octanol–water partition coefficient (Wildman–Crippen LogP) is 5.17. The standard InChI is InChI=1S/C25H25N5O3/c1-2-16-5-7-17(8-6-16)27-25-28-20-10-9-18(14-21(20)29-25)33-19-11-12-26-23(15-19)30-24(31)22-4-3-13-32-22/h5-12,14-15,22H,2-4,13H2,1H3,(H,26,30,31)(H2,27,28,29). The van der Waals surface area contributed by atoms with Gasteiger partial charge in [-0.3, -0.25) is 4.79 Å². The summed E-state index contributed by atoms with van der Waals surface area (Å²) in [7, 11) is 0. The Kier molecular flexibility index (Phi) is 5.91. The Hall–Kier alpha value is -3.91. The average Bonchev–Trinajstić information content (AvgIpc) is 3.49. The number of nitrogens with one attached hydrogen (secondary N) is 3. The maximum absolute atomic E-state index is 12.3. The normalized spacial score (nSPS) is 15.5. The first-order chi connectivity index (χ1) is 16.2. The van der Waals surface area contributed by atoms with Gasteiger partial charge in [-0.1, -0.05) is 19.1 Å².